The average Bonchev–Trinajstić information content (AvgIpc) is 3.44. The van der Waals surface area contributed by atoms with Crippen LogP contribution in [0.3, 0.4) is 0 Å². The van der Waals surface area contributed by atoms with E-state index in [2.05, 4.69) is 55.6 Å². The van der Waals surface area contributed by atoms with Crippen molar-refractivity contribution in [3.63, 3.8) is 0 Å². The van der Waals surface area contributed by atoms with E-state index in [1.807, 2.05) is 6.08 Å². The third kappa shape index (κ3) is 63.0. The Balaban J connectivity index is 3.34. The molecule has 0 bridgehead atoms. The van der Waals surface area contributed by atoms with Crippen LogP contribution in [0.25, 0.3) is 0 Å². The molecule has 0 aromatic carbocycles. The first-order valence-electron chi connectivity index (χ1n) is 34.9. The minimum atomic E-state index is -0.841. The summed E-state index contributed by atoms with van der Waals surface area (Å²) in [5, 5.41) is 23.1. The third-order valence-corrected chi connectivity index (χ3v) is 16.1. The number of aliphatic hydroxyl groups is 2. The van der Waals surface area contributed by atoms with Crippen molar-refractivity contribution in [2.75, 3.05) is 13.2 Å². The van der Waals surface area contributed by atoms with Gasteiger partial charge in [0.05, 0.1) is 25.4 Å². The second kappa shape index (κ2) is 67.3. The molecule has 3 N–H and O–H groups in total. The zero-order valence-electron chi connectivity index (χ0n) is 52.4. The van der Waals surface area contributed by atoms with Gasteiger partial charge in [-0.25, -0.2) is 0 Å². The summed E-state index contributed by atoms with van der Waals surface area (Å²) >= 11 is 0. The molecular weight excluding hydrogens is 959 g/mol. The van der Waals surface area contributed by atoms with E-state index < -0.39 is 12.1 Å². The molecule has 0 aromatic heterocycles. The molecule has 2 unspecified atom stereocenters. The van der Waals surface area contributed by atoms with Gasteiger partial charge in [-0.1, -0.05) is 319 Å². The van der Waals surface area contributed by atoms with Crippen molar-refractivity contribution in [2.45, 2.75) is 386 Å². The number of allylic oxidation sites excluding steroid dienone is 7. The number of nitrogens with one attached hydrogen (secondary N) is 1. The topological polar surface area (TPSA) is 95.9 Å². The summed E-state index contributed by atoms with van der Waals surface area (Å²) in [6.45, 7) is 4.88. The number of hydrogen-bond donors (Lipinski definition) is 3. The van der Waals surface area contributed by atoms with Crippen LogP contribution in [-0.4, -0.2) is 47.4 Å². The quantitative estimate of drug-likeness (QED) is 0.0320. The fourth-order valence-electron chi connectivity index (χ4n) is 10.7. The van der Waals surface area contributed by atoms with Crippen LogP contribution < -0.4 is 5.32 Å². The summed E-state index contributed by atoms with van der Waals surface area (Å²) in [5.41, 5.74) is 0. The predicted octanol–water partition coefficient (Wildman–Crippen LogP) is 22.5. The second-order valence-corrected chi connectivity index (χ2v) is 23.9. The molecule has 0 aliphatic carbocycles. The highest BCUT2D eigenvalue weighted by Gasteiger charge is 2.18. The van der Waals surface area contributed by atoms with Crippen LogP contribution in [0.2, 0.25) is 0 Å². The second-order valence-electron chi connectivity index (χ2n) is 23.9. The minimum Gasteiger partial charge on any atom is -0.466 e. The maximum Gasteiger partial charge on any atom is 0.305 e. The summed E-state index contributed by atoms with van der Waals surface area (Å²) in [4.78, 5) is 24.5. The van der Waals surface area contributed by atoms with Crippen molar-refractivity contribution in [2.24, 2.45) is 0 Å². The van der Waals surface area contributed by atoms with Gasteiger partial charge in [0.1, 0.15) is 0 Å². The van der Waals surface area contributed by atoms with Gasteiger partial charge in [0.2, 0.25) is 5.91 Å². The van der Waals surface area contributed by atoms with Crippen molar-refractivity contribution in [3.05, 3.63) is 48.6 Å². The van der Waals surface area contributed by atoms with Crippen molar-refractivity contribution in [1.82, 2.24) is 5.32 Å². The summed E-state index contributed by atoms with van der Waals surface area (Å²) in [6, 6.07) is -0.624. The number of ether oxygens (including phenoxy) is 1. The number of aliphatic hydroxyl groups excluding tert-OH is 2. The largest absolute Gasteiger partial charge is 0.466 e. The van der Waals surface area contributed by atoms with E-state index in [1.165, 1.54) is 295 Å². The lowest BCUT2D eigenvalue weighted by Gasteiger charge is -2.20. The van der Waals surface area contributed by atoms with Gasteiger partial charge in [-0.05, 0) is 89.9 Å². The van der Waals surface area contributed by atoms with E-state index in [0.717, 1.165) is 51.4 Å². The molecule has 0 aliphatic rings. The number of carbonyl (C=O) groups is 2. The molecule has 0 aliphatic heterocycles. The van der Waals surface area contributed by atoms with Crippen LogP contribution >= 0.6 is 0 Å². The van der Waals surface area contributed by atoms with Gasteiger partial charge in [-0.15, -0.1) is 0 Å². The Hall–Kier alpha value is -2.18. The van der Waals surface area contributed by atoms with E-state index in [-0.39, 0.29) is 18.5 Å². The Kier molecular flexibility index (Phi) is 65.4. The lowest BCUT2D eigenvalue weighted by atomic mass is 10.0. The fourth-order valence-corrected chi connectivity index (χ4v) is 10.7. The molecule has 0 heterocycles. The molecule has 78 heavy (non-hydrogen) atoms. The molecule has 458 valence electrons. The summed E-state index contributed by atoms with van der Waals surface area (Å²) < 4.78 is 5.50. The molecule has 2 atom stereocenters. The monoisotopic (exact) mass is 1090 g/mol. The molecule has 1 amide bonds. The standard InChI is InChI=1S/C72H135NO5/c1-3-5-7-9-11-13-15-16-17-35-39-42-46-50-54-58-62-66-72(77)78-67-63-59-55-51-47-43-40-37-34-32-30-28-26-24-22-20-18-19-21-23-25-27-29-31-33-36-38-41-45-49-53-57-61-65-71(76)73-69(68-74)70(75)64-60-56-52-48-44-14-12-10-8-6-4-2/h11,13,16-17,22,24,60,64,69-70,74-75H,3-10,12,14-15,18-21,23,25-59,61-63,65-68H2,1-2H3,(H,73,76)/b13-11-,17-16-,24-22-,64-60+. The van der Waals surface area contributed by atoms with Crippen molar-refractivity contribution in [3.8, 4) is 0 Å². The molecule has 0 fully saturated rings. The lowest BCUT2D eigenvalue weighted by Crippen LogP contribution is -2.45. The number of unbranched alkanes of at least 4 members (excludes halogenated alkanes) is 48. The van der Waals surface area contributed by atoms with Crippen molar-refractivity contribution in [1.29, 1.82) is 0 Å². The zero-order valence-corrected chi connectivity index (χ0v) is 52.4. The number of carbonyl (C=O) groups excluding carboxylic acids is 2. The number of rotatable bonds is 65. The highest BCUT2D eigenvalue weighted by Crippen LogP contribution is 2.18. The molecule has 0 aromatic rings. The van der Waals surface area contributed by atoms with Gasteiger partial charge >= 0.3 is 5.97 Å². The average molecular weight is 1090 g/mol. The van der Waals surface area contributed by atoms with E-state index in [0.29, 0.717) is 19.4 Å². The molecule has 0 radical (unpaired) electrons. The molecule has 0 saturated carbocycles. The van der Waals surface area contributed by atoms with Gasteiger partial charge in [-0.2, -0.15) is 0 Å². The highest BCUT2D eigenvalue weighted by atomic mass is 16.5. The van der Waals surface area contributed by atoms with Gasteiger partial charge in [0.25, 0.3) is 0 Å². The molecule has 0 saturated heterocycles. The lowest BCUT2D eigenvalue weighted by molar-refractivity contribution is -0.143. The summed E-state index contributed by atoms with van der Waals surface area (Å²) in [6.07, 6.45) is 87.7. The van der Waals surface area contributed by atoms with Gasteiger partial charge in [0.15, 0.2) is 0 Å². The Morgan fingerprint density at radius 1 is 0.359 bits per heavy atom. The SMILES string of the molecule is CCCCC/C=C\C/C=C\CCCCCCCCCC(=O)OCCCCCCCCCCCCCC/C=C\CCCCCCCCCCCCCCCCCCCC(=O)NC(CO)C(O)/C=C/CCCCCCCCCCC. The molecular formula is C72H135NO5. The Bertz CT molecular complexity index is 1310. The molecule has 6 heteroatoms. The van der Waals surface area contributed by atoms with E-state index in [4.69, 9.17) is 4.74 Å². The minimum absolute atomic E-state index is 0.0106. The zero-order chi connectivity index (χ0) is 56.4. The maximum absolute atomic E-state index is 12.4. The van der Waals surface area contributed by atoms with Crippen LogP contribution in [0.5, 0.6) is 0 Å². The molecule has 0 rings (SSSR count). The first-order valence-corrected chi connectivity index (χ1v) is 34.9. The number of hydrogen-bond acceptors (Lipinski definition) is 5. The third-order valence-electron chi connectivity index (χ3n) is 16.1. The van der Waals surface area contributed by atoms with Crippen LogP contribution in [0.1, 0.15) is 373 Å². The number of esters is 1. The summed E-state index contributed by atoms with van der Waals surface area (Å²) in [7, 11) is 0. The predicted molar refractivity (Wildman–Crippen MR) is 342 cm³/mol. The van der Waals surface area contributed by atoms with Gasteiger partial charge < -0.3 is 20.3 Å². The van der Waals surface area contributed by atoms with Gasteiger partial charge in [0, 0.05) is 12.8 Å². The van der Waals surface area contributed by atoms with Crippen molar-refractivity contribution < 1.29 is 24.5 Å². The van der Waals surface area contributed by atoms with E-state index in [9.17, 15) is 19.8 Å². The van der Waals surface area contributed by atoms with Gasteiger partial charge in [-0.3, -0.25) is 9.59 Å². The summed E-state index contributed by atoms with van der Waals surface area (Å²) in [5.74, 6) is -0.0546. The Labute approximate surface area is 486 Å². The number of amides is 1. The van der Waals surface area contributed by atoms with Crippen LogP contribution in [0.15, 0.2) is 48.6 Å². The maximum atomic E-state index is 12.4. The highest BCUT2D eigenvalue weighted by molar-refractivity contribution is 5.76. The van der Waals surface area contributed by atoms with E-state index >= 15 is 0 Å². The van der Waals surface area contributed by atoms with Crippen LogP contribution in [0.4, 0.5) is 0 Å². The first kappa shape index (κ1) is 75.8. The van der Waals surface area contributed by atoms with Crippen LogP contribution in [0, 0.1) is 0 Å². The molecule has 6 nitrogen and oxygen atoms in total. The van der Waals surface area contributed by atoms with Crippen LogP contribution in [-0.2, 0) is 14.3 Å². The van der Waals surface area contributed by atoms with E-state index in [1.54, 1.807) is 6.08 Å². The molecule has 0 spiro atoms. The first-order chi connectivity index (χ1) is 38.5. The van der Waals surface area contributed by atoms with Crippen molar-refractivity contribution >= 4 is 11.9 Å². The smallest absolute Gasteiger partial charge is 0.305 e. The normalized spacial score (nSPS) is 12.8. The Morgan fingerprint density at radius 3 is 1.01 bits per heavy atom. The Morgan fingerprint density at radius 2 is 0.641 bits per heavy atom. The fraction of sp³-hybridized carbons (Fsp3) is 0.861.